The van der Waals surface area contributed by atoms with Crippen LogP contribution in [0.2, 0.25) is 5.02 Å². The Morgan fingerprint density at radius 2 is 2.10 bits per heavy atom. The summed E-state index contributed by atoms with van der Waals surface area (Å²) in [5.41, 5.74) is 6.18. The summed E-state index contributed by atoms with van der Waals surface area (Å²) >= 11 is 6.16. The molecular weight excluding hydrogens is 566 g/mol. The number of halogens is 3. The first kappa shape index (κ1) is 28.2. The number of rotatable bonds is 9. The predicted molar refractivity (Wildman–Crippen MR) is 142 cm³/mol. The molecule has 0 bridgehead atoms. The molecular formula is C25H25ClF2N8O5. The van der Waals surface area contributed by atoms with E-state index in [1.165, 1.54) is 44.7 Å². The summed E-state index contributed by atoms with van der Waals surface area (Å²) in [7, 11) is 0. The number of hydrogen-bond acceptors (Lipinski definition) is 9. The molecule has 0 radical (unpaired) electrons. The van der Waals surface area contributed by atoms with Gasteiger partial charge in [0.05, 0.1) is 24.4 Å². The quantitative estimate of drug-likeness (QED) is 0.227. The van der Waals surface area contributed by atoms with Crippen molar-refractivity contribution in [3.05, 3.63) is 53.4 Å². The number of aliphatic hydroxyl groups excluding tert-OH is 2. The first-order chi connectivity index (χ1) is 19.7. The molecule has 5 rings (SSSR count). The van der Waals surface area contributed by atoms with Gasteiger partial charge in [-0.15, -0.1) is 5.10 Å². The number of carbonyl (C=O) groups is 2. The van der Waals surface area contributed by atoms with Crippen molar-refractivity contribution in [3.63, 3.8) is 0 Å². The predicted octanol–water partition coefficient (Wildman–Crippen LogP) is 2.03. The Bertz CT molecular complexity index is 1600. The highest BCUT2D eigenvalue weighted by Gasteiger charge is 2.34. The van der Waals surface area contributed by atoms with Crippen LogP contribution in [0.1, 0.15) is 23.2 Å². The third-order valence-electron chi connectivity index (χ3n) is 6.62. The number of likely N-dealkylation sites (tertiary alicyclic amines) is 1. The average Bonchev–Trinajstić information content (AvgIpc) is 3.65. The number of nitrogens with zero attached hydrogens (tertiary/aromatic N) is 6. The molecule has 41 heavy (non-hydrogen) atoms. The molecule has 2 atom stereocenters. The van der Waals surface area contributed by atoms with Crippen LogP contribution in [-0.2, 0) is 11.3 Å². The summed E-state index contributed by atoms with van der Waals surface area (Å²) in [6.07, 6.45) is 4.43. The number of anilines is 2. The van der Waals surface area contributed by atoms with E-state index in [9.17, 15) is 28.6 Å². The number of nitrogens with two attached hydrogens (primary N) is 1. The van der Waals surface area contributed by atoms with Crippen LogP contribution in [-0.4, -0.2) is 83.2 Å². The van der Waals surface area contributed by atoms with Gasteiger partial charge < -0.3 is 30.9 Å². The minimum atomic E-state index is -3.16. The third-order valence-corrected chi connectivity index (χ3v) is 6.86. The van der Waals surface area contributed by atoms with Crippen molar-refractivity contribution in [2.75, 3.05) is 24.2 Å². The van der Waals surface area contributed by atoms with Crippen LogP contribution in [0.4, 0.5) is 20.3 Å². The zero-order chi connectivity index (χ0) is 29.3. The highest BCUT2D eigenvalue weighted by Crippen LogP contribution is 2.37. The topological polar surface area (TPSA) is 173 Å². The second-order valence-electron chi connectivity index (χ2n) is 9.26. The zero-order valence-corrected chi connectivity index (χ0v) is 22.1. The minimum Gasteiger partial charge on any atom is -0.434 e. The molecule has 0 aliphatic carbocycles. The maximum atomic E-state index is 13.4. The number of amides is 2. The number of hydrogen-bond donors (Lipinski definition) is 4. The first-order valence-electron chi connectivity index (χ1n) is 12.5. The van der Waals surface area contributed by atoms with E-state index in [2.05, 4.69) is 25.2 Å². The molecule has 0 saturated carbocycles. The average molecular weight is 591 g/mol. The molecule has 2 amide bonds. The van der Waals surface area contributed by atoms with Gasteiger partial charge in [-0.2, -0.15) is 13.9 Å². The van der Waals surface area contributed by atoms with Crippen molar-refractivity contribution in [1.82, 2.24) is 29.3 Å². The standard InChI is InChI=1S/C25H25ClF2N8O5/c26-13-4-5-18(41-25(27)28)14(9-13)21-15(31-24(40)20-22(29)33-36-8-2-6-30-23(20)36)10-34(32-21)11-19(39)35-7-1-3-16(35)17(38)12-37/h2,4-6,8-10,16-17,25,37-38H,1,3,7,11-12H2,(H2,29,33)(H,31,40)/t16-,17?/m0/s1. The number of alkyl halides is 2. The second kappa shape index (κ2) is 11.6. The van der Waals surface area contributed by atoms with Gasteiger partial charge in [0, 0.05) is 35.7 Å². The number of aliphatic hydroxyl groups is 2. The summed E-state index contributed by atoms with van der Waals surface area (Å²) in [6, 6.07) is 4.97. The summed E-state index contributed by atoms with van der Waals surface area (Å²) in [4.78, 5) is 32.2. The molecule has 1 aliphatic rings. The number of ether oxygens (including phenoxy) is 1. The van der Waals surface area contributed by atoms with Crippen LogP contribution in [0.5, 0.6) is 5.75 Å². The summed E-state index contributed by atoms with van der Waals surface area (Å²) in [5, 5.41) is 30.8. The van der Waals surface area contributed by atoms with Crippen molar-refractivity contribution in [2.24, 2.45) is 0 Å². The van der Waals surface area contributed by atoms with Crippen molar-refractivity contribution >= 4 is 40.6 Å². The lowest BCUT2D eigenvalue weighted by molar-refractivity contribution is -0.135. The normalized spacial score (nSPS) is 16.0. The van der Waals surface area contributed by atoms with Crippen LogP contribution >= 0.6 is 11.6 Å². The number of nitrogen functional groups attached to an aromatic ring is 1. The highest BCUT2D eigenvalue weighted by molar-refractivity contribution is 6.31. The lowest BCUT2D eigenvalue weighted by atomic mass is 10.1. The van der Waals surface area contributed by atoms with E-state index in [4.69, 9.17) is 17.3 Å². The highest BCUT2D eigenvalue weighted by atomic mass is 35.5. The Hall–Kier alpha value is -4.34. The van der Waals surface area contributed by atoms with Gasteiger partial charge >= 0.3 is 6.61 Å². The molecule has 216 valence electrons. The minimum absolute atomic E-state index is 0.0133. The van der Waals surface area contributed by atoms with Crippen LogP contribution in [0.25, 0.3) is 16.9 Å². The molecule has 3 aromatic heterocycles. The molecule has 13 nitrogen and oxygen atoms in total. The van der Waals surface area contributed by atoms with E-state index in [1.54, 1.807) is 12.3 Å². The van der Waals surface area contributed by atoms with Crippen LogP contribution in [0, 0.1) is 0 Å². The molecule has 0 spiro atoms. The lowest BCUT2D eigenvalue weighted by Gasteiger charge is -2.27. The number of nitrogens with one attached hydrogen (secondary N) is 1. The summed E-state index contributed by atoms with van der Waals surface area (Å²) < 4.78 is 33.6. The first-order valence-corrected chi connectivity index (χ1v) is 12.8. The summed E-state index contributed by atoms with van der Waals surface area (Å²) in [5.74, 6) is -1.48. The molecule has 1 saturated heterocycles. The monoisotopic (exact) mass is 590 g/mol. The Kier molecular flexibility index (Phi) is 8.01. The Labute approximate surface area is 236 Å². The van der Waals surface area contributed by atoms with Gasteiger partial charge in [0.1, 0.15) is 23.6 Å². The third kappa shape index (κ3) is 5.77. The fourth-order valence-electron chi connectivity index (χ4n) is 4.84. The molecule has 1 unspecified atom stereocenters. The van der Waals surface area contributed by atoms with E-state index in [-0.39, 0.29) is 51.3 Å². The maximum Gasteiger partial charge on any atom is 0.387 e. The van der Waals surface area contributed by atoms with Crippen molar-refractivity contribution in [3.8, 4) is 17.0 Å². The van der Waals surface area contributed by atoms with Crippen molar-refractivity contribution < 1.29 is 33.3 Å². The van der Waals surface area contributed by atoms with Gasteiger partial charge in [-0.1, -0.05) is 11.6 Å². The largest absolute Gasteiger partial charge is 0.434 e. The van der Waals surface area contributed by atoms with Crippen molar-refractivity contribution in [1.29, 1.82) is 0 Å². The molecule has 4 heterocycles. The smallest absolute Gasteiger partial charge is 0.387 e. The zero-order valence-electron chi connectivity index (χ0n) is 21.3. The van der Waals surface area contributed by atoms with Gasteiger partial charge in [0.25, 0.3) is 5.91 Å². The van der Waals surface area contributed by atoms with Crippen LogP contribution in [0.15, 0.2) is 42.9 Å². The lowest BCUT2D eigenvalue weighted by Crippen LogP contribution is -2.45. The Morgan fingerprint density at radius 1 is 1.29 bits per heavy atom. The maximum absolute atomic E-state index is 13.4. The summed E-state index contributed by atoms with van der Waals surface area (Å²) in [6.45, 7) is -3.60. The fraction of sp³-hybridized carbons (Fsp3) is 0.320. The van der Waals surface area contributed by atoms with Crippen LogP contribution < -0.4 is 15.8 Å². The Morgan fingerprint density at radius 3 is 2.85 bits per heavy atom. The van der Waals surface area contributed by atoms with Gasteiger partial charge in [-0.25, -0.2) is 9.50 Å². The van der Waals surface area contributed by atoms with Crippen LogP contribution in [0.3, 0.4) is 0 Å². The number of aromatic nitrogens is 5. The van der Waals surface area contributed by atoms with Crippen molar-refractivity contribution in [2.45, 2.75) is 38.1 Å². The molecule has 4 aromatic rings. The molecule has 1 aliphatic heterocycles. The Balaban J connectivity index is 1.53. The fourth-order valence-corrected chi connectivity index (χ4v) is 5.01. The second-order valence-corrected chi connectivity index (χ2v) is 9.69. The van der Waals surface area contributed by atoms with E-state index < -0.39 is 37.2 Å². The van der Waals surface area contributed by atoms with Gasteiger partial charge in [0.15, 0.2) is 11.5 Å². The molecule has 5 N–H and O–H groups in total. The molecule has 1 aromatic carbocycles. The number of carbonyl (C=O) groups excluding carboxylic acids is 2. The van der Waals surface area contributed by atoms with E-state index in [1.807, 2.05) is 0 Å². The number of benzene rings is 1. The van der Waals surface area contributed by atoms with Gasteiger partial charge in [-0.05, 0) is 37.1 Å². The van der Waals surface area contributed by atoms with Gasteiger partial charge in [0.2, 0.25) is 5.91 Å². The van der Waals surface area contributed by atoms with Gasteiger partial charge in [-0.3, -0.25) is 14.3 Å². The number of fused-ring (bicyclic) bond motifs is 1. The van der Waals surface area contributed by atoms with E-state index in [0.717, 1.165) is 0 Å². The molecule has 16 heteroatoms. The molecule has 1 fully saturated rings. The van der Waals surface area contributed by atoms with E-state index >= 15 is 0 Å². The SMILES string of the molecule is Nc1nn2cccnc2c1C(=O)Nc1cn(CC(=O)N2CCC[C@H]2C(O)CO)nc1-c1cc(Cl)ccc1OC(F)F. The van der Waals surface area contributed by atoms with E-state index in [0.29, 0.717) is 19.4 Å².